The van der Waals surface area contributed by atoms with Gasteiger partial charge in [0.25, 0.3) is 10.0 Å². The van der Waals surface area contributed by atoms with Gasteiger partial charge in [-0.2, -0.15) is 0 Å². The van der Waals surface area contributed by atoms with Crippen molar-refractivity contribution in [2.45, 2.75) is 4.90 Å². The number of sulfonamides is 1. The molecule has 4 rings (SSSR count). The van der Waals surface area contributed by atoms with E-state index in [1.165, 1.54) is 21.3 Å². The predicted octanol–water partition coefficient (Wildman–Crippen LogP) is 1.58. The molecule has 32 heavy (non-hydrogen) atoms. The molecule has 0 atom stereocenters. The van der Waals surface area contributed by atoms with Gasteiger partial charge in [-0.15, -0.1) is 0 Å². The molecule has 170 valence electrons. The topological polar surface area (TPSA) is 93.8 Å². The van der Waals surface area contributed by atoms with E-state index in [4.69, 9.17) is 16.3 Å². The smallest absolute Gasteiger partial charge is 0.328 e. The number of aromatic nitrogens is 2. The van der Waals surface area contributed by atoms with Crippen molar-refractivity contribution in [1.29, 1.82) is 0 Å². The summed E-state index contributed by atoms with van der Waals surface area (Å²) in [6.45, 7) is 1.28. The highest BCUT2D eigenvalue weighted by molar-refractivity contribution is 7.92. The van der Waals surface area contributed by atoms with Crippen LogP contribution in [0.4, 0.5) is 5.69 Å². The predicted molar refractivity (Wildman–Crippen MR) is 122 cm³/mol. The molecule has 0 bridgehead atoms. The Hall–Kier alpha value is -2.82. The van der Waals surface area contributed by atoms with Gasteiger partial charge in [-0.1, -0.05) is 11.6 Å². The van der Waals surface area contributed by atoms with Gasteiger partial charge >= 0.3 is 5.69 Å². The zero-order chi connectivity index (χ0) is 23.0. The van der Waals surface area contributed by atoms with Crippen molar-refractivity contribution >= 4 is 44.3 Å². The fourth-order valence-corrected chi connectivity index (χ4v) is 5.29. The molecule has 9 nitrogen and oxygen atoms in total. The summed E-state index contributed by atoms with van der Waals surface area (Å²) in [6.07, 6.45) is 0. The van der Waals surface area contributed by atoms with E-state index in [-0.39, 0.29) is 23.0 Å². The first-order valence-electron chi connectivity index (χ1n) is 9.99. The van der Waals surface area contributed by atoms with Gasteiger partial charge in [0, 0.05) is 32.2 Å². The lowest BCUT2D eigenvalue weighted by atomic mass is 10.3. The quantitative estimate of drug-likeness (QED) is 0.555. The Morgan fingerprint density at radius 2 is 1.66 bits per heavy atom. The molecule has 2 aromatic carbocycles. The third-order valence-corrected chi connectivity index (χ3v) is 7.61. The van der Waals surface area contributed by atoms with Crippen LogP contribution < -0.4 is 9.99 Å². The van der Waals surface area contributed by atoms with Crippen LogP contribution in [0.5, 0.6) is 0 Å². The minimum absolute atomic E-state index is 0.0177. The van der Waals surface area contributed by atoms with Gasteiger partial charge in [-0.25, -0.2) is 13.2 Å². The molecule has 0 aliphatic carbocycles. The fraction of sp³-hybridized carbons (Fsp3) is 0.333. The number of amides is 1. The highest BCUT2D eigenvalue weighted by Crippen LogP contribution is 2.27. The van der Waals surface area contributed by atoms with Crippen molar-refractivity contribution < 1.29 is 17.9 Å². The molecule has 0 spiro atoms. The molecule has 1 aromatic heterocycles. The summed E-state index contributed by atoms with van der Waals surface area (Å²) in [6, 6.07) is 10.7. The van der Waals surface area contributed by atoms with Crippen LogP contribution in [-0.2, 0) is 33.7 Å². The molecule has 3 aromatic rings. The van der Waals surface area contributed by atoms with Crippen molar-refractivity contribution in [3.05, 3.63) is 58.0 Å². The summed E-state index contributed by atoms with van der Waals surface area (Å²) in [7, 11) is -0.917. The molecule has 1 saturated heterocycles. The van der Waals surface area contributed by atoms with Crippen molar-refractivity contribution in [2.75, 3.05) is 37.2 Å². The minimum Gasteiger partial charge on any atom is -0.378 e. The van der Waals surface area contributed by atoms with Gasteiger partial charge in [0.15, 0.2) is 0 Å². The van der Waals surface area contributed by atoms with Gasteiger partial charge in [-0.3, -0.25) is 18.2 Å². The average molecular weight is 479 g/mol. The van der Waals surface area contributed by atoms with E-state index in [2.05, 4.69) is 0 Å². The van der Waals surface area contributed by atoms with E-state index in [0.717, 1.165) is 4.31 Å². The second-order valence-corrected chi connectivity index (χ2v) is 9.83. The number of rotatable bonds is 5. The number of halogens is 1. The summed E-state index contributed by atoms with van der Waals surface area (Å²) >= 11 is 5.98. The summed E-state index contributed by atoms with van der Waals surface area (Å²) in [4.78, 5) is 26.8. The number of hydrogen-bond acceptors (Lipinski definition) is 5. The Labute approximate surface area is 190 Å². The number of imidazole rings is 1. The number of benzene rings is 2. The maximum absolute atomic E-state index is 13.7. The third-order valence-electron chi connectivity index (χ3n) is 5.59. The molecule has 1 fully saturated rings. The maximum atomic E-state index is 13.7. The number of fused-ring (bicyclic) bond motifs is 1. The zero-order valence-electron chi connectivity index (χ0n) is 17.7. The van der Waals surface area contributed by atoms with E-state index >= 15 is 0 Å². The second-order valence-electron chi connectivity index (χ2n) is 7.53. The van der Waals surface area contributed by atoms with Crippen LogP contribution in [0.2, 0.25) is 5.02 Å². The lowest BCUT2D eigenvalue weighted by molar-refractivity contribution is -0.133. The first kappa shape index (κ1) is 22.4. The lowest BCUT2D eigenvalue weighted by Crippen LogP contribution is -2.47. The molecule has 1 amide bonds. The van der Waals surface area contributed by atoms with Crippen LogP contribution in [0.1, 0.15) is 0 Å². The largest absolute Gasteiger partial charge is 0.378 e. The minimum atomic E-state index is -4.13. The number of morpholine rings is 1. The zero-order valence-corrected chi connectivity index (χ0v) is 19.3. The molecule has 1 aliphatic heterocycles. The summed E-state index contributed by atoms with van der Waals surface area (Å²) in [5.74, 6) is -0.319. The van der Waals surface area contributed by atoms with Crippen LogP contribution in [-0.4, -0.2) is 61.2 Å². The molecule has 2 heterocycles. The van der Waals surface area contributed by atoms with Crippen molar-refractivity contribution in [3.63, 3.8) is 0 Å². The SMILES string of the molecule is Cn1c(=O)n(C)c2cc(S(=O)(=O)N(CC(=O)N3CCOCC3)c3ccc(Cl)cc3)ccc21. The van der Waals surface area contributed by atoms with Gasteiger partial charge < -0.3 is 9.64 Å². The van der Waals surface area contributed by atoms with Gasteiger partial charge in [0.2, 0.25) is 5.91 Å². The highest BCUT2D eigenvalue weighted by atomic mass is 35.5. The Morgan fingerprint density at radius 1 is 1.03 bits per heavy atom. The maximum Gasteiger partial charge on any atom is 0.328 e. The van der Waals surface area contributed by atoms with Crippen molar-refractivity contribution in [3.8, 4) is 0 Å². The van der Waals surface area contributed by atoms with Crippen molar-refractivity contribution in [1.82, 2.24) is 14.0 Å². The monoisotopic (exact) mass is 478 g/mol. The molecule has 0 saturated carbocycles. The number of aryl methyl sites for hydroxylation is 2. The molecular formula is C21H23ClN4O5S. The molecule has 0 unspecified atom stereocenters. The first-order chi connectivity index (χ1) is 15.2. The van der Waals surface area contributed by atoms with E-state index in [0.29, 0.717) is 48.0 Å². The Morgan fingerprint density at radius 3 is 2.31 bits per heavy atom. The van der Waals surface area contributed by atoms with E-state index in [9.17, 15) is 18.0 Å². The van der Waals surface area contributed by atoms with Crippen LogP contribution in [0, 0.1) is 0 Å². The average Bonchev–Trinajstić information content (AvgIpc) is 3.02. The summed E-state index contributed by atoms with van der Waals surface area (Å²) < 4.78 is 36.6. The molecule has 0 N–H and O–H groups in total. The summed E-state index contributed by atoms with van der Waals surface area (Å²) in [5, 5.41) is 0.450. The third kappa shape index (κ3) is 4.01. The normalized spacial score (nSPS) is 14.7. The second kappa shape index (κ2) is 8.61. The Balaban J connectivity index is 1.77. The number of hydrogen-bond donors (Lipinski definition) is 0. The van der Waals surface area contributed by atoms with Crippen LogP contribution in [0.25, 0.3) is 11.0 Å². The lowest BCUT2D eigenvalue weighted by Gasteiger charge is -2.30. The first-order valence-corrected chi connectivity index (χ1v) is 11.8. The molecule has 1 aliphatic rings. The molecular weight excluding hydrogens is 456 g/mol. The van der Waals surface area contributed by atoms with Gasteiger partial charge in [0.1, 0.15) is 6.54 Å². The molecule has 11 heteroatoms. The Bertz CT molecular complexity index is 1320. The van der Waals surface area contributed by atoms with Crippen LogP contribution in [0.15, 0.2) is 52.2 Å². The van der Waals surface area contributed by atoms with Crippen LogP contribution in [0.3, 0.4) is 0 Å². The Kier molecular flexibility index (Phi) is 6.02. The fourth-order valence-electron chi connectivity index (χ4n) is 3.73. The van der Waals surface area contributed by atoms with Gasteiger partial charge in [-0.05, 0) is 42.5 Å². The van der Waals surface area contributed by atoms with Crippen LogP contribution >= 0.6 is 11.6 Å². The highest BCUT2D eigenvalue weighted by Gasteiger charge is 2.30. The number of ether oxygens (including phenoxy) is 1. The molecule has 0 radical (unpaired) electrons. The number of anilines is 1. The van der Waals surface area contributed by atoms with E-state index < -0.39 is 10.0 Å². The van der Waals surface area contributed by atoms with E-state index in [1.54, 1.807) is 49.3 Å². The number of carbonyl (C=O) groups excluding carboxylic acids is 1. The van der Waals surface area contributed by atoms with E-state index in [1.807, 2.05) is 0 Å². The number of nitrogens with zero attached hydrogens (tertiary/aromatic N) is 4. The standard InChI is InChI=1S/C21H23ClN4O5S/c1-23-18-8-7-17(13-19(18)24(2)21(23)28)32(29,30)26(16-5-3-15(22)4-6-16)14-20(27)25-9-11-31-12-10-25/h3-8,13H,9-12,14H2,1-2H3. The van der Waals surface area contributed by atoms with Gasteiger partial charge in [0.05, 0.1) is 34.8 Å². The number of carbonyl (C=O) groups is 1. The van der Waals surface area contributed by atoms with Crippen molar-refractivity contribution in [2.24, 2.45) is 14.1 Å². The summed E-state index contributed by atoms with van der Waals surface area (Å²) in [5.41, 5.74) is 1.15.